The third-order valence-electron chi connectivity index (χ3n) is 5.15. The molecule has 26 heavy (non-hydrogen) atoms. The number of fused-ring (bicyclic) bond motifs is 2. The average molecular weight is 347 g/mol. The lowest BCUT2D eigenvalue weighted by molar-refractivity contribution is 0.0360. The Hall–Kier alpha value is -2.70. The van der Waals surface area contributed by atoms with Crippen molar-refractivity contribution >= 4 is 21.9 Å². The normalized spacial score (nSPS) is 15.8. The van der Waals surface area contributed by atoms with Crippen LogP contribution in [0.5, 0.6) is 0 Å². The summed E-state index contributed by atoms with van der Waals surface area (Å²) in [7, 11) is 0. The number of aromatic amines is 1. The van der Waals surface area contributed by atoms with Gasteiger partial charge in [-0.2, -0.15) is 0 Å². The second kappa shape index (κ2) is 6.55. The SMILES string of the molecule is c1ccc2c(-c3ccc4c(c3)nnn4CCN3CCOCC3)c[nH]c2c1. The van der Waals surface area contributed by atoms with E-state index in [-0.39, 0.29) is 0 Å². The van der Waals surface area contributed by atoms with Crippen LogP contribution in [-0.4, -0.2) is 57.7 Å². The number of hydrogen-bond donors (Lipinski definition) is 1. The van der Waals surface area contributed by atoms with Gasteiger partial charge < -0.3 is 9.72 Å². The molecule has 1 aliphatic heterocycles. The van der Waals surface area contributed by atoms with Crippen LogP contribution >= 0.6 is 0 Å². The minimum atomic E-state index is 0.825. The molecule has 1 aliphatic rings. The second-order valence-electron chi connectivity index (χ2n) is 6.72. The summed E-state index contributed by atoms with van der Waals surface area (Å²) in [4.78, 5) is 5.75. The second-order valence-corrected chi connectivity index (χ2v) is 6.72. The topological polar surface area (TPSA) is 59.0 Å². The summed E-state index contributed by atoms with van der Waals surface area (Å²) < 4.78 is 7.41. The van der Waals surface area contributed by atoms with Crippen molar-refractivity contribution in [2.75, 3.05) is 32.8 Å². The first kappa shape index (κ1) is 15.5. The molecule has 0 bridgehead atoms. The summed E-state index contributed by atoms with van der Waals surface area (Å²) in [5.74, 6) is 0. The number of aromatic nitrogens is 4. The fourth-order valence-corrected chi connectivity index (χ4v) is 3.68. The van der Waals surface area contributed by atoms with E-state index in [2.05, 4.69) is 62.8 Å². The Morgan fingerprint density at radius 1 is 1.04 bits per heavy atom. The number of benzene rings is 2. The lowest BCUT2D eigenvalue weighted by atomic mass is 10.0. The predicted molar refractivity (Wildman–Crippen MR) is 102 cm³/mol. The Morgan fingerprint density at radius 3 is 2.85 bits per heavy atom. The quantitative estimate of drug-likeness (QED) is 0.617. The summed E-state index contributed by atoms with van der Waals surface area (Å²) in [5.41, 5.74) is 5.54. The van der Waals surface area contributed by atoms with Crippen molar-refractivity contribution in [3.8, 4) is 11.1 Å². The molecule has 132 valence electrons. The number of ether oxygens (including phenoxy) is 1. The van der Waals surface area contributed by atoms with Crippen LogP contribution in [0, 0.1) is 0 Å². The molecule has 0 unspecified atom stereocenters. The van der Waals surface area contributed by atoms with E-state index >= 15 is 0 Å². The number of morpholine rings is 1. The highest BCUT2D eigenvalue weighted by molar-refractivity contribution is 5.97. The van der Waals surface area contributed by atoms with Gasteiger partial charge in [-0.15, -0.1) is 5.10 Å². The van der Waals surface area contributed by atoms with Crippen LogP contribution in [0.1, 0.15) is 0 Å². The van der Waals surface area contributed by atoms with Gasteiger partial charge in [0.15, 0.2) is 0 Å². The zero-order valence-corrected chi connectivity index (χ0v) is 14.6. The van der Waals surface area contributed by atoms with Crippen molar-refractivity contribution in [3.63, 3.8) is 0 Å². The van der Waals surface area contributed by atoms with Gasteiger partial charge in [0, 0.05) is 42.3 Å². The van der Waals surface area contributed by atoms with Gasteiger partial charge in [-0.25, -0.2) is 4.68 Å². The Kier molecular flexibility index (Phi) is 3.92. The molecular weight excluding hydrogens is 326 g/mol. The number of H-pyrrole nitrogens is 1. The van der Waals surface area contributed by atoms with E-state index in [0.29, 0.717) is 0 Å². The summed E-state index contributed by atoms with van der Waals surface area (Å²) in [5, 5.41) is 9.99. The van der Waals surface area contributed by atoms with Crippen LogP contribution in [0.15, 0.2) is 48.7 Å². The van der Waals surface area contributed by atoms with Gasteiger partial charge in [-0.1, -0.05) is 29.5 Å². The van der Waals surface area contributed by atoms with Crippen molar-refractivity contribution < 1.29 is 4.74 Å². The molecule has 0 radical (unpaired) electrons. The molecule has 1 fully saturated rings. The van der Waals surface area contributed by atoms with Crippen LogP contribution in [0.2, 0.25) is 0 Å². The van der Waals surface area contributed by atoms with Gasteiger partial charge in [-0.05, 0) is 23.8 Å². The van der Waals surface area contributed by atoms with Crippen LogP contribution in [0.3, 0.4) is 0 Å². The van der Waals surface area contributed by atoms with Gasteiger partial charge >= 0.3 is 0 Å². The van der Waals surface area contributed by atoms with Gasteiger partial charge in [0.1, 0.15) is 5.52 Å². The molecule has 6 nitrogen and oxygen atoms in total. The van der Waals surface area contributed by atoms with Crippen LogP contribution in [-0.2, 0) is 11.3 Å². The highest BCUT2D eigenvalue weighted by atomic mass is 16.5. The molecule has 0 spiro atoms. The van der Waals surface area contributed by atoms with Gasteiger partial charge in [0.25, 0.3) is 0 Å². The van der Waals surface area contributed by atoms with Crippen molar-refractivity contribution in [1.29, 1.82) is 0 Å². The molecule has 1 saturated heterocycles. The van der Waals surface area contributed by atoms with E-state index in [1.165, 1.54) is 10.9 Å². The molecule has 4 aromatic rings. The maximum Gasteiger partial charge on any atom is 0.113 e. The lowest BCUT2D eigenvalue weighted by Gasteiger charge is -2.26. The monoisotopic (exact) mass is 347 g/mol. The molecule has 0 atom stereocenters. The molecule has 5 rings (SSSR count). The fraction of sp³-hybridized carbons (Fsp3) is 0.300. The average Bonchev–Trinajstić information content (AvgIpc) is 3.31. The maximum atomic E-state index is 5.41. The minimum absolute atomic E-state index is 0.825. The minimum Gasteiger partial charge on any atom is -0.379 e. The van der Waals surface area contributed by atoms with Crippen molar-refractivity contribution in [1.82, 2.24) is 24.9 Å². The maximum absolute atomic E-state index is 5.41. The predicted octanol–water partition coefficient (Wildman–Crippen LogP) is 2.91. The van der Waals surface area contributed by atoms with Gasteiger partial charge in [0.05, 0.1) is 25.3 Å². The van der Waals surface area contributed by atoms with E-state index in [1.807, 2.05) is 10.7 Å². The van der Waals surface area contributed by atoms with Crippen molar-refractivity contribution in [2.24, 2.45) is 0 Å². The molecule has 3 heterocycles. The zero-order chi connectivity index (χ0) is 17.3. The summed E-state index contributed by atoms with van der Waals surface area (Å²) >= 11 is 0. The number of nitrogens with zero attached hydrogens (tertiary/aromatic N) is 4. The van der Waals surface area contributed by atoms with Gasteiger partial charge in [0.2, 0.25) is 0 Å². The van der Waals surface area contributed by atoms with E-state index in [9.17, 15) is 0 Å². The lowest BCUT2D eigenvalue weighted by Crippen LogP contribution is -2.38. The molecule has 2 aromatic heterocycles. The number of hydrogen-bond acceptors (Lipinski definition) is 4. The van der Waals surface area contributed by atoms with Crippen LogP contribution < -0.4 is 0 Å². The first-order chi connectivity index (χ1) is 12.9. The number of para-hydroxylation sites is 1. The third kappa shape index (κ3) is 2.77. The molecule has 6 heteroatoms. The smallest absolute Gasteiger partial charge is 0.113 e. The third-order valence-corrected chi connectivity index (χ3v) is 5.15. The Labute approximate surface area is 151 Å². The molecule has 1 N–H and O–H groups in total. The number of nitrogens with one attached hydrogen (secondary N) is 1. The fourth-order valence-electron chi connectivity index (χ4n) is 3.68. The Balaban J connectivity index is 1.42. The first-order valence-corrected chi connectivity index (χ1v) is 9.08. The molecule has 2 aromatic carbocycles. The first-order valence-electron chi connectivity index (χ1n) is 9.08. The van der Waals surface area contributed by atoms with Crippen LogP contribution in [0.25, 0.3) is 33.1 Å². The largest absolute Gasteiger partial charge is 0.379 e. The van der Waals surface area contributed by atoms with Crippen LogP contribution in [0.4, 0.5) is 0 Å². The van der Waals surface area contributed by atoms with E-state index in [0.717, 1.165) is 61.5 Å². The highest BCUT2D eigenvalue weighted by Crippen LogP contribution is 2.30. The van der Waals surface area contributed by atoms with E-state index in [1.54, 1.807) is 0 Å². The molecular formula is C20H21N5O. The zero-order valence-electron chi connectivity index (χ0n) is 14.6. The highest BCUT2D eigenvalue weighted by Gasteiger charge is 2.13. The molecule has 0 amide bonds. The Morgan fingerprint density at radius 2 is 1.92 bits per heavy atom. The Bertz CT molecular complexity index is 1040. The van der Waals surface area contributed by atoms with Gasteiger partial charge in [-0.3, -0.25) is 4.90 Å². The van der Waals surface area contributed by atoms with Crippen molar-refractivity contribution in [2.45, 2.75) is 6.54 Å². The molecule has 0 saturated carbocycles. The number of rotatable bonds is 4. The van der Waals surface area contributed by atoms with E-state index in [4.69, 9.17) is 4.74 Å². The standard InChI is InChI=1S/C20H21N5O/c1-2-4-18-16(3-1)17(14-21-18)15-5-6-20-19(13-15)22-23-25(20)8-7-24-9-11-26-12-10-24/h1-6,13-14,21H,7-12H2. The summed E-state index contributed by atoms with van der Waals surface area (Å²) in [6.45, 7) is 5.47. The summed E-state index contributed by atoms with van der Waals surface area (Å²) in [6.07, 6.45) is 2.06. The molecule has 0 aliphatic carbocycles. The van der Waals surface area contributed by atoms with E-state index < -0.39 is 0 Å². The summed E-state index contributed by atoms with van der Waals surface area (Å²) in [6, 6.07) is 14.8. The van der Waals surface area contributed by atoms with Crippen molar-refractivity contribution in [3.05, 3.63) is 48.7 Å².